The molecule has 0 saturated carbocycles. The number of nitrogens with one attached hydrogen (secondary N) is 2. The Balaban J connectivity index is 0.00000243. The fraction of sp³-hybridized carbons (Fsp3) is 0.286. The molecule has 138 valence electrons. The van der Waals surface area contributed by atoms with Crippen LogP contribution in [-0.4, -0.2) is 26.1 Å². The van der Waals surface area contributed by atoms with Gasteiger partial charge >= 0.3 is 0 Å². The summed E-state index contributed by atoms with van der Waals surface area (Å²) < 4.78 is 0. The third kappa shape index (κ3) is 5.24. The number of halogens is 1. The molecule has 0 saturated heterocycles. The summed E-state index contributed by atoms with van der Waals surface area (Å²) >= 11 is 0. The normalized spacial score (nSPS) is 13.0. The molecule has 0 aromatic heterocycles. The fourth-order valence-electron chi connectivity index (χ4n) is 3.13. The topological polar surface area (TPSA) is 39.7 Å². The maximum Gasteiger partial charge on any atom is 0.191 e. The Morgan fingerprint density at radius 2 is 1.85 bits per heavy atom. The van der Waals surface area contributed by atoms with Crippen LogP contribution in [0.5, 0.6) is 0 Å². The molecule has 0 unspecified atom stereocenters. The first-order valence-electron chi connectivity index (χ1n) is 8.76. The van der Waals surface area contributed by atoms with Crippen molar-refractivity contribution in [1.82, 2.24) is 10.6 Å². The molecule has 0 atom stereocenters. The number of hydrogen-bond donors (Lipinski definition) is 2. The van der Waals surface area contributed by atoms with E-state index in [1.165, 1.54) is 22.4 Å². The Labute approximate surface area is 173 Å². The molecule has 0 fully saturated rings. The highest BCUT2D eigenvalue weighted by Gasteiger charge is 2.17. The van der Waals surface area contributed by atoms with E-state index in [0.717, 1.165) is 32.0 Å². The van der Waals surface area contributed by atoms with Crippen molar-refractivity contribution in [3.63, 3.8) is 0 Å². The third-order valence-corrected chi connectivity index (χ3v) is 4.48. The lowest BCUT2D eigenvalue weighted by atomic mass is 10.1. The van der Waals surface area contributed by atoms with E-state index in [2.05, 4.69) is 75.6 Å². The van der Waals surface area contributed by atoms with Gasteiger partial charge in [-0.05, 0) is 29.2 Å². The van der Waals surface area contributed by atoms with E-state index in [0.29, 0.717) is 6.54 Å². The predicted molar refractivity (Wildman–Crippen MR) is 121 cm³/mol. The Kier molecular flexibility index (Phi) is 7.97. The fourth-order valence-corrected chi connectivity index (χ4v) is 3.13. The molecule has 3 rings (SSSR count). The number of fused-ring (bicyclic) bond motifs is 1. The summed E-state index contributed by atoms with van der Waals surface area (Å²) in [6, 6.07) is 17.5. The summed E-state index contributed by atoms with van der Waals surface area (Å²) in [5, 5.41) is 6.48. The number of benzene rings is 2. The molecule has 0 radical (unpaired) electrons. The molecule has 0 spiro atoms. The van der Waals surface area contributed by atoms with Crippen LogP contribution in [0.1, 0.15) is 16.7 Å². The van der Waals surface area contributed by atoms with Gasteiger partial charge in [-0.2, -0.15) is 0 Å². The Morgan fingerprint density at radius 1 is 1.12 bits per heavy atom. The van der Waals surface area contributed by atoms with Crippen molar-refractivity contribution in [2.75, 3.05) is 25.0 Å². The van der Waals surface area contributed by atoms with Gasteiger partial charge < -0.3 is 15.5 Å². The minimum Gasteiger partial charge on any atom is -0.367 e. The van der Waals surface area contributed by atoms with E-state index in [9.17, 15) is 0 Å². The van der Waals surface area contributed by atoms with Crippen molar-refractivity contribution in [1.29, 1.82) is 0 Å². The van der Waals surface area contributed by atoms with Crippen molar-refractivity contribution in [2.45, 2.75) is 19.5 Å². The van der Waals surface area contributed by atoms with Gasteiger partial charge in [-0.25, -0.2) is 0 Å². The van der Waals surface area contributed by atoms with Gasteiger partial charge in [0.1, 0.15) is 0 Å². The van der Waals surface area contributed by atoms with Gasteiger partial charge in [0, 0.05) is 38.9 Å². The highest BCUT2D eigenvalue weighted by Crippen LogP contribution is 2.28. The molecular weight excluding hydrogens is 435 g/mol. The standard InChI is InChI=1S/C21H26N4.HI/c1-3-13-23-21(22-2)24-15-17-8-10-18(11-9-17)16-25-14-12-19-6-4-5-7-20(19)25;/h3-11H,1,12-16H2,2H3,(H2,22,23,24);1H. The molecule has 1 aliphatic heterocycles. The van der Waals surface area contributed by atoms with Gasteiger partial charge in [0.15, 0.2) is 5.96 Å². The van der Waals surface area contributed by atoms with Gasteiger partial charge in [-0.15, -0.1) is 30.6 Å². The predicted octanol–water partition coefficient (Wildman–Crippen LogP) is 3.72. The van der Waals surface area contributed by atoms with E-state index in [1.807, 2.05) is 6.08 Å². The summed E-state index contributed by atoms with van der Waals surface area (Å²) in [7, 11) is 1.77. The Bertz CT molecular complexity index is 740. The van der Waals surface area contributed by atoms with Crippen LogP contribution in [-0.2, 0) is 19.5 Å². The largest absolute Gasteiger partial charge is 0.367 e. The quantitative estimate of drug-likeness (QED) is 0.298. The molecule has 26 heavy (non-hydrogen) atoms. The molecule has 1 aliphatic rings. The molecule has 0 bridgehead atoms. The zero-order valence-electron chi connectivity index (χ0n) is 15.2. The summed E-state index contributed by atoms with van der Waals surface area (Å²) in [5.74, 6) is 0.789. The smallest absolute Gasteiger partial charge is 0.191 e. The monoisotopic (exact) mass is 462 g/mol. The van der Waals surface area contributed by atoms with Crippen LogP contribution >= 0.6 is 24.0 Å². The van der Waals surface area contributed by atoms with E-state index >= 15 is 0 Å². The zero-order chi connectivity index (χ0) is 17.5. The van der Waals surface area contributed by atoms with Crippen molar-refractivity contribution >= 4 is 35.6 Å². The van der Waals surface area contributed by atoms with E-state index < -0.39 is 0 Å². The zero-order valence-corrected chi connectivity index (χ0v) is 17.6. The highest BCUT2D eigenvalue weighted by atomic mass is 127. The van der Waals surface area contributed by atoms with Crippen LogP contribution < -0.4 is 15.5 Å². The second-order valence-electron chi connectivity index (χ2n) is 6.21. The van der Waals surface area contributed by atoms with Gasteiger partial charge in [-0.3, -0.25) is 4.99 Å². The van der Waals surface area contributed by atoms with Crippen LogP contribution in [0, 0.1) is 0 Å². The lowest BCUT2D eigenvalue weighted by Crippen LogP contribution is -2.36. The van der Waals surface area contributed by atoms with Gasteiger partial charge in [-0.1, -0.05) is 48.5 Å². The summed E-state index contributed by atoms with van der Waals surface area (Å²) in [6.45, 7) is 7.23. The molecule has 0 amide bonds. The molecule has 4 nitrogen and oxygen atoms in total. The lowest BCUT2D eigenvalue weighted by molar-refractivity contribution is 0.829. The number of aliphatic imine (C=N–C) groups is 1. The van der Waals surface area contributed by atoms with Crippen molar-refractivity contribution in [3.05, 3.63) is 77.9 Å². The molecule has 5 heteroatoms. The van der Waals surface area contributed by atoms with Crippen LogP contribution in [0.25, 0.3) is 0 Å². The maximum absolute atomic E-state index is 4.19. The highest BCUT2D eigenvalue weighted by molar-refractivity contribution is 14.0. The van der Waals surface area contributed by atoms with Crippen LogP contribution in [0.3, 0.4) is 0 Å². The third-order valence-electron chi connectivity index (χ3n) is 4.48. The maximum atomic E-state index is 4.19. The van der Waals surface area contributed by atoms with Crippen molar-refractivity contribution in [3.8, 4) is 0 Å². The molecule has 2 aromatic carbocycles. The number of rotatable bonds is 6. The van der Waals surface area contributed by atoms with E-state index in [4.69, 9.17) is 0 Å². The van der Waals surface area contributed by atoms with Crippen molar-refractivity contribution < 1.29 is 0 Å². The van der Waals surface area contributed by atoms with E-state index in [-0.39, 0.29) is 24.0 Å². The van der Waals surface area contributed by atoms with Gasteiger partial charge in [0.05, 0.1) is 0 Å². The van der Waals surface area contributed by atoms with Crippen LogP contribution in [0.4, 0.5) is 5.69 Å². The van der Waals surface area contributed by atoms with Gasteiger partial charge in [0.2, 0.25) is 0 Å². The minimum absolute atomic E-state index is 0. The number of hydrogen-bond acceptors (Lipinski definition) is 2. The second kappa shape index (κ2) is 10.2. The molecular formula is C21H27IN4. The first-order valence-corrected chi connectivity index (χ1v) is 8.76. The second-order valence-corrected chi connectivity index (χ2v) is 6.21. The number of anilines is 1. The molecule has 2 N–H and O–H groups in total. The van der Waals surface area contributed by atoms with Crippen LogP contribution in [0.2, 0.25) is 0 Å². The lowest BCUT2D eigenvalue weighted by Gasteiger charge is -2.19. The Hall–Kier alpha value is -2.02. The molecule has 1 heterocycles. The Morgan fingerprint density at radius 3 is 2.58 bits per heavy atom. The first kappa shape index (κ1) is 20.3. The first-order chi connectivity index (χ1) is 12.3. The average Bonchev–Trinajstić information content (AvgIpc) is 3.06. The van der Waals surface area contributed by atoms with E-state index in [1.54, 1.807) is 7.05 Å². The average molecular weight is 462 g/mol. The SMILES string of the molecule is C=CCNC(=NC)NCc1ccc(CN2CCc3ccccc32)cc1.I. The van der Waals surface area contributed by atoms with Crippen molar-refractivity contribution in [2.24, 2.45) is 4.99 Å². The number of para-hydroxylation sites is 1. The minimum atomic E-state index is 0. The summed E-state index contributed by atoms with van der Waals surface area (Å²) in [5.41, 5.74) is 5.42. The number of guanidine groups is 1. The molecule has 0 aliphatic carbocycles. The summed E-state index contributed by atoms with van der Waals surface area (Å²) in [4.78, 5) is 6.65. The summed E-state index contributed by atoms with van der Waals surface area (Å²) in [6.07, 6.45) is 2.97. The number of nitrogens with zero attached hydrogens (tertiary/aromatic N) is 2. The molecule has 2 aromatic rings. The van der Waals surface area contributed by atoms with Gasteiger partial charge in [0.25, 0.3) is 0 Å². The van der Waals surface area contributed by atoms with Crippen LogP contribution in [0.15, 0.2) is 66.2 Å².